The van der Waals surface area contributed by atoms with Crippen LogP contribution in [0.2, 0.25) is 0 Å². The molecule has 2 N–H and O–H groups in total. The van der Waals surface area contributed by atoms with Crippen LogP contribution < -0.4 is 10.9 Å². The van der Waals surface area contributed by atoms with Gasteiger partial charge >= 0.3 is 5.97 Å². The van der Waals surface area contributed by atoms with E-state index in [9.17, 15) is 19.5 Å². The first-order valence-electron chi connectivity index (χ1n) is 6.54. The lowest BCUT2D eigenvalue weighted by atomic mass is 10.1. The summed E-state index contributed by atoms with van der Waals surface area (Å²) in [6.45, 7) is 5.32. The Kier molecular flexibility index (Phi) is 5.66. The summed E-state index contributed by atoms with van der Waals surface area (Å²) in [5, 5.41) is 11.9. The summed E-state index contributed by atoms with van der Waals surface area (Å²) in [6, 6.07) is 0.433. The number of nitrogens with zero attached hydrogens (tertiary/aromatic N) is 1. The van der Waals surface area contributed by atoms with Gasteiger partial charge in [0.2, 0.25) is 5.91 Å². The average Bonchev–Trinajstić information content (AvgIpc) is 2.37. The summed E-state index contributed by atoms with van der Waals surface area (Å²) in [4.78, 5) is 35.4. The Morgan fingerprint density at radius 2 is 2.05 bits per heavy atom. The summed E-state index contributed by atoms with van der Waals surface area (Å²) in [6.07, 6.45) is 0. The van der Waals surface area contributed by atoms with Crippen LogP contribution in [-0.2, 0) is 9.53 Å². The standard InChI is InChI=1S/C14H20N2O5/c1-8-7-11(17)16(9(2)12(8)14(19)20)10(3)13(18)15-5-6-21-4/h7,10H,5-6H2,1-4H3,(H,15,18)(H,19,20). The van der Waals surface area contributed by atoms with E-state index in [-0.39, 0.29) is 17.2 Å². The molecule has 0 aliphatic rings. The third kappa shape index (κ3) is 3.69. The molecule has 21 heavy (non-hydrogen) atoms. The van der Waals surface area contributed by atoms with Crippen molar-refractivity contribution in [3.05, 3.63) is 33.2 Å². The number of nitrogens with one attached hydrogen (secondary N) is 1. The number of rotatable bonds is 6. The van der Waals surface area contributed by atoms with Crippen LogP contribution in [0.15, 0.2) is 10.9 Å². The largest absolute Gasteiger partial charge is 0.478 e. The molecule has 0 saturated heterocycles. The highest BCUT2D eigenvalue weighted by atomic mass is 16.5. The number of hydrogen-bond donors (Lipinski definition) is 2. The molecule has 116 valence electrons. The van der Waals surface area contributed by atoms with Crippen LogP contribution in [-0.4, -0.2) is 41.8 Å². The van der Waals surface area contributed by atoms with Crippen LogP contribution in [0.5, 0.6) is 0 Å². The number of methoxy groups -OCH3 is 1. The van der Waals surface area contributed by atoms with Gasteiger partial charge in [-0.1, -0.05) is 0 Å². The Morgan fingerprint density at radius 1 is 1.43 bits per heavy atom. The van der Waals surface area contributed by atoms with Gasteiger partial charge in [0.05, 0.1) is 12.2 Å². The Bertz CT molecular complexity index is 606. The summed E-state index contributed by atoms with van der Waals surface area (Å²) in [7, 11) is 1.52. The van der Waals surface area contributed by atoms with Crippen LogP contribution in [0, 0.1) is 13.8 Å². The van der Waals surface area contributed by atoms with Gasteiger partial charge < -0.3 is 15.2 Å². The fraction of sp³-hybridized carbons (Fsp3) is 0.500. The minimum Gasteiger partial charge on any atom is -0.478 e. The highest BCUT2D eigenvalue weighted by Gasteiger charge is 2.22. The van der Waals surface area contributed by atoms with Crippen molar-refractivity contribution in [3.8, 4) is 0 Å². The summed E-state index contributed by atoms with van der Waals surface area (Å²) >= 11 is 0. The molecule has 0 aromatic carbocycles. The van der Waals surface area contributed by atoms with Crippen molar-refractivity contribution in [2.75, 3.05) is 20.3 Å². The third-order valence-electron chi connectivity index (χ3n) is 3.28. The molecule has 1 amide bonds. The van der Waals surface area contributed by atoms with Crippen molar-refractivity contribution in [2.45, 2.75) is 26.8 Å². The maximum Gasteiger partial charge on any atom is 0.337 e. The second kappa shape index (κ2) is 7.03. The molecule has 1 aromatic heterocycles. The van der Waals surface area contributed by atoms with E-state index in [2.05, 4.69) is 5.32 Å². The first-order chi connectivity index (χ1) is 9.81. The van der Waals surface area contributed by atoms with Gasteiger partial charge in [0.25, 0.3) is 5.56 Å². The van der Waals surface area contributed by atoms with Crippen molar-refractivity contribution >= 4 is 11.9 Å². The second-order valence-corrected chi connectivity index (χ2v) is 4.76. The van der Waals surface area contributed by atoms with Crippen molar-refractivity contribution in [2.24, 2.45) is 0 Å². The van der Waals surface area contributed by atoms with E-state index in [1.54, 1.807) is 13.8 Å². The number of pyridine rings is 1. The van der Waals surface area contributed by atoms with Gasteiger partial charge in [-0.05, 0) is 26.3 Å². The highest BCUT2D eigenvalue weighted by Crippen LogP contribution is 2.15. The van der Waals surface area contributed by atoms with Gasteiger partial charge in [0.15, 0.2) is 0 Å². The van der Waals surface area contributed by atoms with E-state index in [0.717, 1.165) is 0 Å². The summed E-state index contributed by atoms with van der Waals surface area (Å²) < 4.78 is 6.02. The molecule has 7 heteroatoms. The lowest BCUT2D eigenvalue weighted by Gasteiger charge is -2.20. The summed E-state index contributed by atoms with van der Waals surface area (Å²) in [5.41, 5.74) is 0.297. The normalized spacial score (nSPS) is 12.0. The van der Waals surface area contributed by atoms with Crippen LogP contribution in [0.25, 0.3) is 0 Å². The number of aromatic carboxylic acids is 1. The van der Waals surface area contributed by atoms with Crippen LogP contribution in [0.4, 0.5) is 0 Å². The first-order valence-corrected chi connectivity index (χ1v) is 6.54. The first kappa shape index (κ1) is 16.9. The number of hydrogen-bond acceptors (Lipinski definition) is 4. The third-order valence-corrected chi connectivity index (χ3v) is 3.28. The van der Waals surface area contributed by atoms with Gasteiger partial charge in [-0.3, -0.25) is 14.2 Å². The predicted octanol–water partition coefficient (Wildman–Crippen LogP) is 0.487. The van der Waals surface area contributed by atoms with E-state index in [1.807, 2.05) is 0 Å². The molecule has 7 nitrogen and oxygen atoms in total. The Morgan fingerprint density at radius 3 is 2.57 bits per heavy atom. The molecular weight excluding hydrogens is 276 g/mol. The molecule has 0 radical (unpaired) electrons. The van der Waals surface area contributed by atoms with Gasteiger partial charge in [-0.15, -0.1) is 0 Å². The van der Waals surface area contributed by atoms with Crippen molar-refractivity contribution in [1.82, 2.24) is 9.88 Å². The molecule has 0 saturated carbocycles. The SMILES string of the molecule is COCCNC(=O)C(C)n1c(C)c(C(=O)O)c(C)cc1=O. The van der Waals surface area contributed by atoms with Gasteiger partial charge in [-0.2, -0.15) is 0 Å². The topological polar surface area (TPSA) is 97.6 Å². The van der Waals surface area contributed by atoms with E-state index < -0.39 is 17.6 Å². The average molecular weight is 296 g/mol. The van der Waals surface area contributed by atoms with Crippen molar-refractivity contribution < 1.29 is 19.4 Å². The quantitative estimate of drug-likeness (QED) is 0.744. The fourth-order valence-corrected chi connectivity index (χ4v) is 2.24. The smallest absolute Gasteiger partial charge is 0.337 e. The van der Waals surface area contributed by atoms with Crippen LogP contribution in [0.1, 0.15) is 34.6 Å². The number of carboxylic acids is 1. The monoisotopic (exact) mass is 296 g/mol. The summed E-state index contributed by atoms with van der Waals surface area (Å²) in [5.74, 6) is -1.48. The van der Waals surface area contributed by atoms with Gasteiger partial charge in [0.1, 0.15) is 6.04 Å². The number of aromatic nitrogens is 1. The Balaban J connectivity index is 3.18. The molecule has 0 fully saturated rings. The number of ether oxygens (including phenoxy) is 1. The van der Waals surface area contributed by atoms with Gasteiger partial charge in [0, 0.05) is 25.4 Å². The molecule has 0 bridgehead atoms. The maximum atomic E-state index is 12.1. The zero-order valence-corrected chi connectivity index (χ0v) is 12.6. The molecule has 1 rings (SSSR count). The molecule has 1 heterocycles. The number of carboxylic acid groups (broad SMARTS) is 1. The van der Waals surface area contributed by atoms with E-state index >= 15 is 0 Å². The number of amides is 1. The predicted molar refractivity (Wildman–Crippen MR) is 76.7 cm³/mol. The van der Waals surface area contributed by atoms with Gasteiger partial charge in [-0.25, -0.2) is 4.79 Å². The van der Waals surface area contributed by atoms with Crippen molar-refractivity contribution in [1.29, 1.82) is 0 Å². The second-order valence-electron chi connectivity index (χ2n) is 4.76. The molecule has 1 aromatic rings. The fourth-order valence-electron chi connectivity index (χ4n) is 2.24. The molecule has 1 unspecified atom stereocenters. The van der Waals surface area contributed by atoms with E-state index in [1.165, 1.54) is 24.7 Å². The minimum absolute atomic E-state index is 0.0474. The molecule has 0 aliphatic heterocycles. The zero-order valence-electron chi connectivity index (χ0n) is 12.6. The molecule has 1 atom stereocenters. The van der Waals surface area contributed by atoms with E-state index in [0.29, 0.717) is 18.7 Å². The number of carbonyl (C=O) groups is 2. The number of carbonyl (C=O) groups excluding carboxylic acids is 1. The maximum absolute atomic E-state index is 12.1. The molecule has 0 aliphatic carbocycles. The Labute approximate surface area is 122 Å². The van der Waals surface area contributed by atoms with Crippen LogP contribution >= 0.6 is 0 Å². The lowest BCUT2D eigenvalue weighted by molar-refractivity contribution is -0.124. The zero-order chi connectivity index (χ0) is 16.2. The van der Waals surface area contributed by atoms with E-state index in [4.69, 9.17) is 4.74 Å². The van der Waals surface area contributed by atoms with Crippen molar-refractivity contribution in [3.63, 3.8) is 0 Å². The molecule has 0 spiro atoms. The number of aryl methyl sites for hydroxylation is 1. The minimum atomic E-state index is -1.12. The van der Waals surface area contributed by atoms with Crippen LogP contribution in [0.3, 0.4) is 0 Å². The molecular formula is C14H20N2O5. The lowest BCUT2D eigenvalue weighted by Crippen LogP contribution is -2.38. The Hall–Kier alpha value is -2.15. The highest BCUT2D eigenvalue weighted by molar-refractivity contribution is 5.90.